The summed E-state index contributed by atoms with van der Waals surface area (Å²) in [6.45, 7) is 4.04. The Labute approximate surface area is 155 Å². The summed E-state index contributed by atoms with van der Waals surface area (Å²) in [5, 5.41) is 3.32. The molecule has 1 saturated heterocycles. The van der Waals surface area contributed by atoms with Gasteiger partial charge in [0, 0.05) is 50.4 Å². The van der Waals surface area contributed by atoms with E-state index in [0.29, 0.717) is 6.54 Å². The molecule has 0 atom stereocenters. The molecular formula is C18H21BrFN5. The van der Waals surface area contributed by atoms with E-state index in [1.165, 1.54) is 12.1 Å². The smallest absolute Gasteiger partial charge is 0.194 e. The van der Waals surface area contributed by atoms with Gasteiger partial charge in [-0.2, -0.15) is 0 Å². The molecule has 0 saturated carbocycles. The summed E-state index contributed by atoms with van der Waals surface area (Å²) in [4.78, 5) is 13.3. The van der Waals surface area contributed by atoms with Gasteiger partial charge in [-0.05, 0) is 35.9 Å². The van der Waals surface area contributed by atoms with Crippen molar-refractivity contribution in [2.45, 2.75) is 6.54 Å². The van der Waals surface area contributed by atoms with Crippen LogP contribution >= 0.6 is 15.9 Å². The maximum absolute atomic E-state index is 13.5. The van der Waals surface area contributed by atoms with Gasteiger partial charge in [0.1, 0.15) is 11.6 Å². The number of anilines is 1. The van der Waals surface area contributed by atoms with Crippen LogP contribution in [0.1, 0.15) is 5.56 Å². The number of nitrogens with zero attached hydrogens (tertiary/aromatic N) is 4. The van der Waals surface area contributed by atoms with Gasteiger partial charge in [0.25, 0.3) is 0 Å². The highest BCUT2D eigenvalue weighted by atomic mass is 79.9. The van der Waals surface area contributed by atoms with Crippen molar-refractivity contribution in [2.75, 3.05) is 38.1 Å². The first-order chi connectivity index (χ1) is 12.2. The lowest BCUT2D eigenvalue weighted by Crippen LogP contribution is -2.52. The van der Waals surface area contributed by atoms with Crippen molar-refractivity contribution in [3.05, 3.63) is 58.4 Å². The van der Waals surface area contributed by atoms with Crippen LogP contribution in [0.4, 0.5) is 10.2 Å². The SMILES string of the molecule is CN=C(NCc1cc(F)cc(Br)c1)N1CCN(c2ccccn2)CC1. The maximum atomic E-state index is 13.5. The summed E-state index contributed by atoms with van der Waals surface area (Å²) in [5.74, 6) is 1.60. The van der Waals surface area contributed by atoms with E-state index in [4.69, 9.17) is 0 Å². The minimum absolute atomic E-state index is 0.245. The van der Waals surface area contributed by atoms with E-state index in [-0.39, 0.29) is 5.82 Å². The van der Waals surface area contributed by atoms with Crippen LogP contribution in [-0.4, -0.2) is 49.1 Å². The lowest BCUT2D eigenvalue weighted by atomic mass is 10.2. The maximum Gasteiger partial charge on any atom is 0.194 e. The molecule has 0 aliphatic carbocycles. The molecule has 1 aliphatic rings. The molecule has 1 aliphatic heterocycles. The molecule has 0 amide bonds. The van der Waals surface area contributed by atoms with Crippen LogP contribution in [0.5, 0.6) is 0 Å². The molecule has 1 N–H and O–H groups in total. The average Bonchev–Trinajstić information content (AvgIpc) is 2.63. The number of nitrogens with one attached hydrogen (secondary N) is 1. The molecular weight excluding hydrogens is 385 g/mol. The zero-order valence-corrected chi connectivity index (χ0v) is 15.7. The Morgan fingerprint density at radius 1 is 1.24 bits per heavy atom. The quantitative estimate of drug-likeness (QED) is 0.629. The lowest BCUT2D eigenvalue weighted by Gasteiger charge is -2.37. The molecule has 0 spiro atoms. The molecule has 7 heteroatoms. The molecule has 5 nitrogen and oxygen atoms in total. The fraction of sp³-hybridized carbons (Fsp3) is 0.333. The Balaban J connectivity index is 1.56. The summed E-state index contributed by atoms with van der Waals surface area (Å²) < 4.78 is 14.2. The average molecular weight is 406 g/mol. The number of pyridine rings is 1. The Hall–Kier alpha value is -2.15. The molecule has 0 unspecified atom stereocenters. The molecule has 1 aromatic heterocycles. The Morgan fingerprint density at radius 2 is 2.04 bits per heavy atom. The second-order valence-electron chi connectivity index (χ2n) is 5.84. The van der Waals surface area contributed by atoms with E-state index in [9.17, 15) is 4.39 Å². The van der Waals surface area contributed by atoms with E-state index in [1.807, 2.05) is 30.5 Å². The predicted octanol–water partition coefficient (Wildman–Crippen LogP) is 2.88. The molecule has 25 heavy (non-hydrogen) atoms. The Bertz CT molecular complexity index is 709. The van der Waals surface area contributed by atoms with Gasteiger partial charge in [0.05, 0.1) is 0 Å². The van der Waals surface area contributed by atoms with E-state index < -0.39 is 0 Å². The third kappa shape index (κ3) is 4.69. The van der Waals surface area contributed by atoms with Gasteiger partial charge >= 0.3 is 0 Å². The first-order valence-electron chi connectivity index (χ1n) is 8.22. The van der Waals surface area contributed by atoms with Crippen molar-refractivity contribution in [3.8, 4) is 0 Å². The Kier molecular flexibility index (Phi) is 5.86. The summed E-state index contributed by atoms with van der Waals surface area (Å²) in [5.41, 5.74) is 0.875. The van der Waals surface area contributed by atoms with Gasteiger partial charge in [0.2, 0.25) is 0 Å². The molecule has 2 aromatic rings. The van der Waals surface area contributed by atoms with E-state index >= 15 is 0 Å². The van der Waals surface area contributed by atoms with Crippen LogP contribution in [0.2, 0.25) is 0 Å². The highest BCUT2D eigenvalue weighted by Gasteiger charge is 2.20. The van der Waals surface area contributed by atoms with Crippen molar-refractivity contribution in [1.29, 1.82) is 0 Å². The monoisotopic (exact) mass is 405 g/mol. The number of halogens is 2. The molecule has 132 valence electrons. The molecule has 3 rings (SSSR count). The van der Waals surface area contributed by atoms with E-state index in [0.717, 1.165) is 48.0 Å². The topological polar surface area (TPSA) is 43.8 Å². The summed E-state index contributed by atoms with van der Waals surface area (Å²) in [7, 11) is 1.77. The summed E-state index contributed by atoms with van der Waals surface area (Å²) >= 11 is 3.32. The normalized spacial score (nSPS) is 15.4. The predicted molar refractivity (Wildman–Crippen MR) is 102 cm³/mol. The van der Waals surface area contributed by atoms with Crippen LogP contribution in [0.25, 0.3) is 0 Å². The number of guanidine groups is 1. The van der Waals surface area contributed by atoms with Crippen molar-refractivity contribution in [1.82, 2.24) is 15.2 Å². The van der Waals surface area contributed by atoms with Crippen molar-refractivity contribution >= 4 is 27.7 Å². The number of hydrogen-bond acceptors (Lipinski definition) is 3. The van der Waals surface area contributed by atoms with E-state index in [1.54, 1.807) is 7.05 Å². The first-order valence-corrected chi connectivity index (χ1v) is 9.01. The summed E-state index contributed by atoms with van der Waals surface area (Å²) in [6, 6.07) is 10.9. The highest BCUT2D eigenvalue weighted by Crippen LogP contribution is 2.15. The minimum Gasteiger partial charge on any atom is -0.353 e. The van der Waals surface area contributed by atoms with Crippen LogP contribution in [0, 0.1) is 5.82 Å². The van der Waals surface area contributed by atoms with Gasteiger partial charge in [-0.3, -0.25) is 4.99 Å². The molecule has 1 fully saturated rings. The third-order valence-corrected chi connectivity index (χ3v) is 4.60. The number of rotatable bonds is 3. The van der Waals surface area contributed by atoms with Gasteiger partial charge in [-0.15, -0.1) is 0 Å². The number of piperazine rings is 1. The largest absolute Gasteiger partial charge is 0.353 e. The van der Waals surface area contributed by atoms with Gasteiger partial charge in [-0.1, -0.05) is 22.0 Å². The van der Waals surface area contributed by atoms with Crippen molar-refractivity contribution < 1.29 is 4.39 Å². The fourth-order valence-corrected chi connectivity index (χ4v) is 3.43. The van der Waals surface area contributed by atoms with Crippen molar-refractivity contribution in [3.63, 3.8) is 0 Å². The summed E-state index contributed by atoms with van der Waals surface area (Å²) in [6.07, 6.45) is 1.82. The second kappa shape index (κ2) is 8.29. The van der Waals surface area contributed by atoms with Crippen LogP contribution in [0.3, 0.4) is 0 Å². The minimum atomic E-state index is -0.245. The van der Waals surface area contributed by atoms with Gasteiger partial charge < -0.3 is 15.1 Å². The van der Waals surface area contributed by atoms with E-state index in [2.05, 4.69) is 41.0 Å². The van der Waals surface area contributed by atoms with Crippen molar-refractivity contribution in [2.24, 2.45) is 4.99 Å². The second-order valence-corrected chi connectivity index (χ2v) is 6.76. The fourth-order valence-electron chi connectivity index (χ4n) is 2.91. The zero-order valence-electron chi connectivity index (χ0n) is 14.1. The number of aromatic nitrogens is 1. The van der Waals surface area contributed by atoms with Gasteiger partial charge in [0.15, 0.2) is 5.96 Å². The van der Waals surface area contributed by atoms with Gasteiger partial charge in [-0.25, -0.2) is 9.37 Å². The van der Waals surface area contributed by atoms with Crippen LogP contribution in [0.15, 0.2) is 52.1 Å². The first kappa shape index (κ1) is 17.7. The molecule has 1 aromatic carbocycles. The number of hydrogen-bond donors (Lipinski definition) is 1. The standard InChI is InChI=1S/C18H21BrFN5/c1-21-18(23-13-14-10-15(19)12-16(20)11-14)25-8-6-24(7-9-25)17-4-2-3-5-22-17/h2-5,10-12H,6-9,13H2,1H3,(H,21,23). The highest BCUT2D eigenvalue weighted by molar-refractivity contribution is 9.10. The molecule has 0 radical (unpaired) electrons. The van der Waals surface area contributed by atoms with Crippen LogP contribution < -0.4 is 10.2 Å². The number of aliphatic imine (C=N–C) groups is 1. The Morgan fingerprint density at radius 3 is 2.68 bits per heavy atom. The van der Waals surface area contributed by atoms with Crippen LogP contribution in [-0.2, 0) is 6.54 Å². The lowest BCUT2D eigenvalue weighted by molar-refractivity contribution is 0.371. The third-order valence-electron chi connectivity index (χ3n) is 4.14. The molecule has 0 bridgehead atoms. The number of benzene rings is 1. The molecule has 2 heterocycles. The zero-order chi connectivity index (χ0) is 17.6.